The minimum atomic E-state index is 0.529. The predicted octanol–water partition coefficient (Wildman–Crippen LogP) is 3.60. The van der Waals surface area contributed by atoms with Crippen molar-refractivity contribution in [3.05, 3.63) is 0 Å². The van der Waals surface area contributed by atoms with Gasteiger partial charge >= 0.3 is 0 Å². The molecule has 0 bridgehead atoms. The zero-order valence-electron chi connectivity index (χ0n) is 12.6. The second-order valence-electron chi connectivity index (χ2n) is 6.85. The third kappa shape index (κ3) is 3.48. The van der Waals surface area contributed by atoms with E-state index in [4.69, 9.17) is 4.74 Å². The van der Waals surface area contributed by atoms with Crippen LogP contribution in [0.25, 0.3) is 0 Å². The summed E-state index contributed by atoms with van der Waals surface area (Å²) in [5, 5.41) is 3.51. The molecular formula is C16H31NO. The summed E-state index contributed by atoms with van der Waals surface area (Å²) < 4.78 is 6.41. The molecular weight excluding hydrogens is 222 g/mol. The molecule has 2 fully saturated rings. The summed E-state index contributed by atoms with van der Waals surface area (Å²) in [5.74, 6) is 2.42. The van der Waals surface area contributed by atoms with Gasteiger partial charge in [0.1, 0.15) is 0 Å². The first-order chi connectivity index (χ1) is 8.60. The topological polar surface area (TPSA) is 21.3 Å². The van der Waals surface area contributed by atoms with Crippen LogP contribution in [0.2, 0.25) is 0 Å². The fourth-order valence-corrected chi connectivity index (χ4v) is 3.65. The number of hydrogen-bond donors (Lipinski definition) is 1. The van der Waals surface area contributed by atoms with Crippen LogP contribution >= 0.6 is 0 Å². The van der Waals surface area contributed by atoms with Gasteiger partial charge in [0, 0.05) is 6.04 Å². The molecule has 0 spiro atoms. The van der Waals surface area contributed by atoms with Crippen LogP contribution in [0.3, 0.4) is 0 Å². The van der Waals surface area contributed by atoms with E-state index in [1.54, 1.807) is 0 Å². The molecule has 0 aromatic heterocycles. The SMILES string of the molecule is CCNC1CC(OC2CC(C)CCC2C(C)C)C1. The van der Waals surface area contributed by atoms with Crippen LogP contribution in [-0.4, -0.2) is 24.8 Å². The molecule has 0 aromatic carbocycles. The summed E-state index contributed by atoms with van der Waals surface area (Å²) in [5.41, 5.74) is 0. The Hall–Kier alpha value is -0.0800. The molecule has 2 rings (SSSR count). The van der Waals surface area contributed by atoms with Gasteiger partial charge in [0.25, 0.3) is 0 Å². The van der Waals surface area contributed by atoms with Crippen LogP contribution in [0.1, 0.15) is 59.8 Å². The van der Waals surface area contributed by atoms with Gasteiger partial charge in [0.05, 0.1) is 12.2 Å². The van der Waals surface area contributed by atoms with Gasteiger partial charge in [-0.1, -0.05) is 34.1 Å². The van der Waals surface area contributed by atoms with Gasteiger partial charge in [-0.25, -0.2) is 0 Å². The standard InChI is InChI=1S/C16H31NO/c1-5-17-13-9-14(10-13)18-16-8-12(4)6-7-15(16)11(2)3/h11-17H,5-10H2,1-4H3. The highest BCUT2D eigenvalue weighted by atomic mass is 16.5. The normalized spacial score (nSPS) is 40.8. The number of rotatable bonds is 5. The van der Waals surface area contributed by atoms with Gasteiger partial charge in [-0.15, -0.1) is 0 Å². The lowest BCUT2D eigenvalue weighted by Crippen LogP contribution is -2.48. The van der Waals surface area contributed by atoms with E-state index in [-0.39, 0.29) is 0 Å². The van der Waals surface area contributed by atoms with Crippen LogP contribution < -0.4 is 5.32 Å². The summed E-state index contributed by atoms with van der Waals surface area (Å²) in [6, 6.07) is 0.721. The van der Waals surface area contributed by atoms with Crippen molar-refractivity contribution in [1.82, 2.24) is 5.32 Å². The van der Waals surface area contributed by atoms with Crippen molar-refractivity contribution in [2.75, 3.05) is 6.54 Å². The highest BCUT2D eigenvalue weighted by Gasteiger charge is 2.36. The zero-order chi connectivity index (χ0) is 13.1. The Morgan fingerprint density at radius 2 is 1.89 bits per heavy atom. The average Bonchev–Trinajstić information content (AvgIpc) is 2.26. The highest BCUT2D eigenvalue weighted by molar-refractivity contribution is 4.89. The molecule has 0 radical (unpaired) electrons. The molecule has 1 N–H and O–H groups in total. The van der Waals surface area contributed by atoms with Gasteiger partial charge in [0.15, 0.2) is 0 Å². The Kier molecular flexibility index (Phi) is 5.08. The molecule has 3 unspecified atom stereocenters. The van der Waals surface area contributed by atoms with Gasteiger partial charge in [-0.05, 0) is 50.0 Å². The molecule has 0 saturated heterocycles. The molecule has 2 aliphatic rings. The van der Waals surface area contributed by atoms with Crippen molar-refractivity contribution < 1.29 is 4.74 Å². The Balaban J connectivity index is 1.79. The van der Waals surface area contributed by atoms with Crippen molar-refractivity contribution >= 4 is 0 Å². The van der Waals surface area contributed by atoms with Gasteiger partial charge in [-0.2, -0.15) is 0 Å². The third-order valence-corrected chi connectivity index (χ3v) is 4.92. The number of nitrogens with one attached hydrogen (secondary N) is 1. The maximum absolute atomic E-state index is 6.41. The maximum Gasteiger partial charge on any atom is 0.0612 e. The van der Waals surface area contributed by atoms with E-state index in [9.17, 15) is 0 Å². The molecule has 106 valence electrons. The third-order valence-electron chi connectivity index (χ3n) is 4.92. The first-order valence-electron chi connectivity index (χ1n) is 7.99. The lowest BCUT2D eigenvalue weighted by Gasteiger charge is -2.43. The summed E-state index contributed by atoms with van der Waals surface area (Å²) >= 11 is 0. The first-order valence-corrected chi connectivity index (χ1v) is 7.99. The van der Waals surface area contributed by atoms with E-state index >= 15 is 0 Å². The van der Waals surface area contributed by atoms with Crippen molar-refractivity contribution in [3.8, 4) is 0 Å². The Labute approximate surface area is 113 Å². The van der Waals surface area contributed by atoms with Gasteiger partial charge in [-0.3, -0.25) is 0 Å². The van der Waals surface area contributed by atoms with Gasteiger partial charge in [0.2, 0.25) is 0 Å². The van der Waals surface area contributed by atoms with E-state index in [1.165, 1.54) is 32.1 Å². The van der Waals surface area contributed by atoms with E-state index in [2.05, 4.69) is 33.0 Å². The second kappa shape index (κ2) is 6.38. The van der Waals surface area contributed by atoms with Crippen LogP contribution in [0.5, 0.6) is 0 Å². The summed E-state index contributed by atoms with van der Waals surface area (Å²) in [6.45, 7) is 10.4. The van der Waals surface area contributed by atoms with Crippen LogP contribution in [0.4, 0.5) is 0 Å². The zero-order valence-corrected chi connectivity index (χ0v) is 12.6. The predicted molar refractivity (Wildman–Crippen MR) is 76.7 cm³/mol. The number of hydrogen-bond acceptors (Lipinski definition) is 2. The molecule has 18 heavy (non-hydrogen) atoms. The van der Waals surface area contributed by atoms with Crippen molar-refractivity contribution in [3.63, 3.8) is 0 Å². The molecule has 2 aliphatic carbocycles. The highest BCUT2D eigenvalue weighted by Crippen LogP contribution is 2.38. The average molecular weight is 253 g/mol. The maximum atomic E-state index is 6.41. The summed E-state index contributed by atoms with van der Waals surface area (Å²) in [7, 11) is 0. The molecule has 2 heteroatoms. The quantitative estimate of drug-likeness (QED) is 0.808. The summed E-state index contributed by atoms with van der Waals surface area (Å²) in [6.07, 6.45) is 7.56. The monoisotopic (exact) mass is 253 g/mol. The molecule has 2 saturated carbocycles. The van der Waals surface area contributed by atoms with Crippen LogP contribution in [0.15, 0.2) is 0 Å². The molecule has 0 amide bonds. The van der Waals surface area contributed by atoms with Crippen molar-refractivity contribution in [2.45, 2.75) is 78.0 Å². The molecule has 2 nitrogen and oxygen atoms in total. The lowest BCUT2D eigenvalue weighted by molar-refractivity contribution is -0.113. The largest absolute Gasteiger partial charge is 0.375 e. The fourth-order valence-electron chi connectivity index (χ4n) is 3.65. The molecule has 0 heterocycles. The second-order valence-corrected chi connectivity index (χ2v) is 6.85. The van der Waals surface area contributed by atoms with E-state index < -0.39 is 0 Å². The van der Waals surface area contributed by atoms with Crippen LogP contribution in [-0.2, 0) is 4.74 Å². The first kappa shape index (κ1) is 14.3. The number of ether oxygens (including phenoxy) is 1. The van der Waals surface area contributed by atoms with E-state index in [0.717, 1.165) is 30.3 Å². The van der Waals surface area contributed by atoms with E-state index in [0.29, 0.717) is 12.2 Å². The van der Waals surface area contributed by atoms with Gasteiger partial charge < -0.3 is 10.1 Å². The lowest BCUT2D eigenvalue weighted by atomic mass is 9.75. The molecule has 3 atom stereocenters. The van der Waals surface area contributed by atoms with Crippen LogP contribution in [0, 0.1) is 17.8 Å². The minimum Gasteiger partial charge on any atom is -0.375 e. The summed E-state index contributed by atoms with van der Waals surface area (Å²) in [4.78, 5) is 0. The Morgan fingerprint density at radius 3 is 2.50 bits per heavy atom. The van der Waals surface area contributed by atoms with Crippen molar-refractivity contribution in [2.24, 2.45) is 17.8 Å². The van der Waals surface area contributed by atoms with Crippen molar-refractivity contribution in [1.29, 1.82) is 0 Å². The van der Waals surface area contributed by atoms with E-state index in [1.807, 2.05) is 0 Å². The minimum absolute atomic E-state index is 0.529. The smallest absolute Gasteiger partial charge is 0.0612 e. The fraction of sp³-hybridized carbons (Fsp3) is 1.00. The molecule has 0 aromatic rings. The Morgan fingerprint density at radius 1 is 1.17 bits per heavy atom. The molecule has 0 aliphatic heterocycles. The Bertz CT molecular complexity index is 247.